The summed E-state index contributed by atoms with van der Waals surface area (Å²) in [5, 5.41) is 4.51. The first-order chi connectivity index (χ1) is 11.0. The Balaban J connectivity index is 2.36. The molecule has 0 unspecified atom stereocenters. The first kappa shape index (κ1) is 16.5. The predicted octanol–water partition coefficient (Wildman–Crippen LogP) is 4.67. The third-order valence-electron chi connectivity index (χ3n) is 3.34. The van der Waals surface area contributed by atoms with Crippen LogP contribution in [0.2, 0.25) is 0 Å². The second-order valence-corrected chi connectivity index (χ2v) is 5.15. The second kappa shape index (κ2) is 7.42. The van der Waals surface area contributed by atoms with Gasteiger partial charge in [-0.2, -0.15) is 5.10 Å². The molecule has 0 saturated carbocycles. The molecule has 0 aliphatic heterocycles. The van der Waals surface area contributed by atoms with Crippen LogP contribution in [0.4, 0.5) is 4.39 Å². The summed E-state index contributed by atoms with van der Waals surface area (Å²) < 4.78 is 14.8. The topological polar surface area (TPSA) is 17.8 Å². The van der Waals surface area contributed by atoms with E-state index in [9.17, 15) is 4.39 Å². The molecule has 1 aromatic carbocycles. The third-order valence-corrected chi connectivity index (χ3v) is 3.34. The summed E-state index contributed by atoms with van der Waals surface area (Å²) in [5.41, 5.74) is 4.47. The minimum atomic E-state index is -0.261. The minimum absolute atomic E-state index is 0.261. The molecule has 3 heteroatoms. The van der Waals surface area contributed by atoms with Crippen molar-refractivity contribution in [2.24, 2.45) is 0 Å². The molecule has 0 atom stereocenters. The molecule has 0 fully saturated rings. The lowest BCUT2D eigenvalue weighted by atomic mass is 10.1. The quantitative estimate of drug-likeness (QED) is 0.595. The fourth-order valence-electron chi connectivity index (χ4n) is 2.14. The molecule has 0 spiro atoms. The van der Waals surface area contributed by atoms with Crippen LogP contribution in [-0.4, -0.2) is 9.78 Å². The molecule has 23 heavy (non-hydrogen) atoms. The van der Waals surface area contributed by atoms with Gasteiger partial charge < -0.3 is 0 Å². The van der Waals surface area contributed by atoms with E-state index in [1.807, 2.05) is 39.0 Å². The molecule has 0 N–H and O–H groups in total. The normalized spacial score (nSPS) is 11.4. The Morgan fingerprint density at radius 3 is 2.57 bits per heavy atom. The van der Waals surface area contributed by atoms with E-state index in [4.69, 9.17) is 0 Å². The number of hydrogen-bond donors (Lipinski definition) is 0. The van der Waals surface area contributed by atoms with Gasteiger partial charge in [0.05, 0.1) is 22.6 Å². The number of halogens is 1. The molecule has 1 aromatic heterocycles. The molecule has 2 rings (SSSR count). The maximum Gasteiger partial charge on any atom is 0.123 e. The van der Waals surface area contributed by atoms with E-state index in [0.29, 0.717) is 0 Å². The number of nitrogens with zero attached hydrogens (tertiary/aromatic N) is 2. The van der Waals surface area contributed by atoms with Crippen LogP contribution < -0.4 is 0 Å². The van der Waals surface area contributed by atoms with Crippen LogP contribution >= 0.6 is 0 Å². The van der Waals surface area contributed by atoms with Crippen molar-refractivity contribution >= 4 is 0 Å². The van der Waals surface area contributed by atoms with Crippen LogP contribution in [0.25, 0.3) is 5.69 Å². The molecule has 116 valence electrons. The van der Waals surface area contributed by atoms with Gasteiger partial charge in [0.25, 0.3) is 0 Å². The summed E-state index contributed by atoms with van der Waals surface area (Å²) >= 11 is 0. The van der Waals surface area contributed by atoms with Crippen molar-refractivity contribution in [3.05, 3.63) is 83.5 Å². The van der Waals surface area contributed by atoms with Crippen LogP contribution in [0, 0.1) is 31.5 Å². The predicted molar refractivity (Wildman–Crippen MR) is 93.0 cm³/mol. The smallest absolute Gasteiger partial charge is 0.123 e. The van der Waals surface area contributed by atoms with Crippen molar-refractivity contribution in [2.75, 3.05) is 0 Å². The first-order valence-corrected chi connectivity index (χ1v) is 7.33. The Bertz CT molecular complexity index is 825. The van der Waals surface area contributed by atoms with E-state index in [1.165, 1.54) is 12.1 Å². The summed E-state index contributed by atoms with van der Waals surface area (Å²) in [6.07, 6.45) is 7.41. The molecule has 0 bridgehead atoms. The van der Waals surface area contributed by atoms with E-state index in [2.05, 4.69) is 23.5 Å². The summed E-state index contributed by atoms with van der Waals surface area (Å²) in [5.74, 6) is 6.04. The highest BCUT2D eigenvalue weighted by atomic mass is 19.1. The van der Waals surface area contributed by atoms with Gasteiger partial charge in [-0.25, -0.2) is 9.07 Å². The van der Waals surface area contributed by atoms with Crippen LogP contribution in [0.5, 0.6) is 0 Å². The lowest BCUT2D eigenvalue weighted by Crippen LogP contribution is -1.99. The van der Waals surface area contributed by atoms with Gasteiger partial charge in [0.15, 0.2) is 0 Å². The molecule has 0 saturated heterocycles. The highest BCUT2D eigenvalue weighted by Gasteiger charge is 2.10. The van der Waals surface area contributed by atoms with Crippen molar-refractivity contribution in [3.63, 3.8) is 0 Å². The van der Waals surface area contributed by atoms with Crippen LogP contribution in [0.1, 0.15) is 23.9 Å². The van der Waals surface area contributed by atoms with E-state index in [1.54, 1.807) is 22.9 Å². The third kappa shape index (κ3) is 4.08. The van der Waals surface area contributed by atoms with E-state index in [-0.39, 0.29) is 5.82 Å². The summed E-state index contributed by atoms with van der Waals surface area (Å²) in [6, 6.07) is 6.26. The number of allylic oxidation sites excluding steroid dienone is 5. The zero-order valence-electron chi connectivity index (χ0n) is 13.6. The van der Waals surface area contributed by atoms with Gasteiger partial charge >= 0.3 is 0 Å². The molecule has 0 aliphatic carbocycles. The van der Waals surface area contributed by atoms with Crippen molar-refractivity contribution < 1.29 is 4.39 Å². The van der Waals surface area contributed by atoms with E-state index in [0.717, 1.165) is 28.2 Å². The SMILES string of the molecule is C=C/C=C\C=C(/C)C#Cc1c(C)nn(-c2ccc(F)cc2)c1C. The van der Waals surface area contributed by atoms with Crippen molar-refractivity contribution in [1.29, 1.82) is 0 Å². The Kier molecular flexibility index (Phi) is 5.32. The summed E-state index contributed by atoms with van der Waals surface area (Å²) in [6.45, 7) is 9.47. The van der Waals surface area contributed by atoms with Gasteiger partial charge in [-0.3, -0.25) is 0 Å². The maximum absolute atomic E-state index is 13.1. The van der Waals surface area contributed by atoms with Gasteiger partial charge in [0, 0.05) is 0 Å². The fourth-order valence-corrected chi connectivity index (χ4v) is 2.14. The standard InChI is InChI=1S/C20H19FN2/c1-5-6-7-8-15(2)9-14-20-16(3)22-23(17(20)4)19-12-10-18(21)11-13-19/h5-8,10-13H,1H2,2-4H3/b7-6-,15-8+. The van der Waals surface area contributed by atoms with Crippen LogP contribution in [0.3, 0.4) is 0 Å². The highest BCUT2D eigenvalue weighted by molar-refractivity contribution is 5.48. The lowest BCUT2D eigenvalue weighted by molar-refractivity contribution is 0.627. The lowest BCUT2D eigenvalue weighted by Gasteiger charge is -2.03. The van der Waals surface area contributed by atoms with Crippen LogP contribution in [0.15, 0.2) is 60.7 Å². The number of rotatable bonds is 3. The Hall–Kier alpha value is -2.86. The molecule has 1 heterocycles. The number of benzene rings is 1. The van der Waals surface area contributed by atoms with Crippen molar-refractivity contribution in [3.8, 4) is 17.5 Å². The summed E-state index contributed by atoms with van der Waals surface area (Å²) in [4.78, 5) is 0. The van der Waals surface area contributed by atoms with Gasteiger partial charge in [-0.05, 0) is 50.6 Å². The Morgan fingerprint density at radius 2 is 1.91 bits per heavy atom. The first-order valence-electron chi connectivity index (χ1n) is 7.33. The largest absolute Gasteiger partial charge is 0.237 e. The molecule has 0 radical (unpaired) electrons. The summed E-state index contributed by atoms with van der Waals surface area (Å²) in [7, 11) is 0. The zero-order valence-corrected chi connectivity index (χ0v) is 13.6. The molecular formula is C20H19FN2. The van der Waals surface area contributed by atoms with Crippen molar-refractivity contribution in [2.45, 2.75) is 20.8 Å². The van der Waals surface area contributed by atoms with E-state index < -0.39 is 0 Å². The second-order valence-electron chi connectivity index (χ2n) is 5.15. The number of aromatic nitrogens is 2. The monoisotopic (exact) mass is 306 g/mol. The molecule has 0 aliphatic rings. The zero-order chi connectivity index (χ0) is 16.8. The van der Waals surface area contributed by atoms with Gasteiger partial charge in [-0.1, -0.05) is 42.7 Å². The van der Waals surface area contributed by atoms with Gasteiger partial charge in [0.2, 0.25) is 0 Å². The maximum atomic E-state index is 13.1. The van der Waals surface area contributed by atoms with Crippen LogP contribution in [-0.2, 0) is 0 Å². The molecule has 2 nitrogen and oxygen atoms in total. The molecule has 0 amide bonds. The minimum Gasteiger partial charge on any atom is -0.237 e. The fraction of sp³-hybridized carbons (Fsp3) is 0.150. The molecular weight excluding hydrogens is 287 g/mol. The Morgan fingerprint density at radius 1 is 1.22 bits per heavy atom. The average molecular weight is 306 g/mol. The number of aryl methyl sites for hydroxylation is 1. The highest BCUT2D eigenvalue weighted by Crippen LogP contribution is 2.17. The van der Waals surface area contributed by atoms with Gasteiger partial charge in [-0.15, -0.1) is 0 Å². The van der Waals surface area contributed by atoms with E-state index >= 15 is 0 Å². The Labute approximate surface area is 136 Å². The van der Waals surface area contributed by atoms with Gasteiger partial charge in [0.1, 0.15) is 5.82 Å². The average Bonchev–Trinajstić information content (AvgIpc) is 2.81. The number of hydrogen-bond acceptors (Lipinski definition) is 1. The molecule has 2 aromatic rings. The van der Waals surface area contributed by atoms with Crippen molar-refractivity contribution in [1.82, 2.24) is 9.78 Å².